The Morgan fingerprint density at radius 3 is 2.82 bits per heavy atom. The van der Waals surface area contributed by atoms with Crippen molar-refractivity contribution < 1.29 is 14.5 Å². The van der Waals surface area contributed by atoms with Crippen LogP contribution in [0, 0.1) is 10.1 Å². The number of hydrogen-bond donors (Lipinski definition) is 0. The van der Waals surface area contributed by atoms with Gasteiger partial charge in [-0.15, -0.1) is 0 Å². The maximum Gasteiger partial charge on any atom is 0.306 e. The summed E-state index contributed by atoms with van der Waals surface area (Å²) in [5.74, 6) is -0.474. The van der Waals surface area contributed by atoms with E-state index in [0.29, 0.717) is 5.56 Å². The minimum Gasteiger partial charge on any atom is -0.469 e. The SMILES string of the molecule is COC(=O)CC(C)(C[N+](=O)[O-])c1cccnc1. The van der Waals surface area contributed by atoms with E-state index in [-0.39, 0.29) is 13.0 Å². The molecule has 6 heteroatoms. The predicted molar refractivity (Wildman–Crippen MR) is 60.1 cm³/mol. The Bertz CT molecular complexity index is 407. The molecule has 1 aromatic heterocycles. The number of hydrogen-bond acceptors (Lipinski definition) is 5. The van der Waals surface area contributed by atoms with Crippen LogP contribution in [-0.2, 0) is 14.9 Å². The van der Waals surface area contributed by atoms with Crippen LogP contribution >= 0.6 is 0 Å². The molecule has 0 bridgehead atoms. The van der Waals surface area contributed by atoms with Crippen LogP contribution in [0.1, 0.15) is 18.9 Å². The average Bonchev–Trinajstić information content (AvgIpc) is 2.29. The summed E-state index contributed by atoms with van der Waals surface area (Å²) >= 11 is 0. The van der Waals surface area contributed by atoms with Crippen molar-refractivity contribution in [3.8, 4) is 0 Å². The van der Waals surface area contributed by atoms with Crippen LogP contribution in [0.2, 0.25) is 0 Å². The van der Waals surface area contributed by atoms with E-state index in [2.05, 4.69) is 9.72 Å². The summed E-state index contributed by atoms with van der Waals surface area (Å²) in [6.07, 6.45) is 3.07. The molecule has 0 amide bonds. The third kappa shape index (κ3) is 3.51. The Balaban J connectivity index is 3.01. The molecule has 1 heterocycles. The first-order chi connectivity index (χ1) is 7.98. The number of esters is 1. The Kier molecular flexibility index (Phi) is 4.14. The van der Waals surface area contributed by atoms with E-state index < -0.39 is 16.3 Å². The number of pyridine rings is 1. The number of methoxy groups -OCH3 is 1. The van der Waals surface area contributed by atoms with Gasteiger partial charge in [-0.25, -0.2) is 0 Å². The molecule has 17 heavy (non-hydrogen) atoms. The number of rotatable bonds is 5. The van der Waals surface area contributed by atoms with Crippen molar-refractivity contribution in [2.45, 2.75) is 18.8 Å². The van der Waals surface area contributed by atoms with Gasteiger partial charge in [-0.3, -0.25) is 19.9 Å². The van der Waals surface area contributed by atoms with E-state index in [1.54, 1.807) is 25.3 Å². The number of nitrogens with zero attached hydrogens (tertiary/aromatic N) is 2. The van der Waals surface area contributed by atoms with Gasteiger partial charge < -0.3 is 4.74 Å². The van der Waals surface area contributed by atoms with E-state index in [1.807, 2.05) is 0 Å². The third-order valence-corrected chi connectivity index (χ3v) is 2.60. The number of aromatic nitrogens is 1. The van der Waals surface area contributed by atoms with E-state index in [0.717, 1.165) is 0 Å². The largest absolute Gasteiger partial charge is 0.469 e. The van der Waals surface area contributed by atoms with Crippen molar-refractivity contribution in [1.82, 2.24) is 4.98 Å². The molecular formula is C11H14N2O4. The van der Waals surface area contributed by atoms with Gasteiger partial charge in [0.05, 0.1) is 18.9 Å². The van der Waals surface area contributed by atoms with Crippen LogP contribution < -0.4 is 0 Å². The molecule has 1 rings (SSSR count). The number of carbonyl (C=O) groups is 1. The second kappa shape index (κ2) is 5.38. The third-order valence-electron chi connectivity index (χ3n) is 2.60. The van der Waals surface area contributed by atoms with E-state index in [9.17, 15) is 14.9 Å². The highest BCUT2D eigenvalue weighted by Crippen LogP contribution is 2.27. The first kappa shape index (κ1) is 13.1. The van der Waals surface area contributed by atoms with Gasteiger partial charge in [0.25, 0.3) is 0 Å². The van der Waals surface area contributed by atoms with E-state index in [1.165, 1.54) is 13.3 Å². The first-order valence-corrected chi connectivity index (χ1v) is 5.07. The van der Waals surface area contributed by atoms with Crippen LogP contribution in [0.4, 0.5) is 0 Å². The zero-order valence-corrected chi connectivity index (χ0v) is 9.75. The Morgan fingerprint density at radius 2 is 2.35 bits per heavy atom. The van der Waals surface area contributed by atoms with Crippen molar-refractivity contribution in [3.05, 3.63) is 40.2 Å². The average molecular weight is 238 g/mol. The number of ether oxygens (including phenoxy) is 1. The van der Waals surface area contributed by atoms with Crippen molar-refractivity contribution in [1.29, 1.82) is 0 Å². The smallest absolute Gasteiger partial charge is 0.306 e. The zero-order valence-electron chi connectivity index (χ0n) is 9.75. The molecule has 1 aromatic rings. The highest BCUT2D eigenvalue weighted by atomic mass is 16.6. The molecule has 1 unspecified atom stereocenters. The highest BCUT2D eigenvalue weighted by molar-refractivity contribution is 5.71. The molecule has 0 radical (unpaired) electrons. The minimum absolute atomic E-state index is 0.0455. The molecular weight excluding hydrogens is 224 g/mol. The molecule has 0 saturated carbocycles. The van der Waals surface area contributed by atoms with Gasteiger partial charge >= 0.3 is 5.97 Å². The number of nitro groups is 1. The predicted octanol–water partition coefficient (Wildman–Crippen LogP) is 1.18. The molecule has 0 aliphatic rings. The standard InChI is InChI=1S/C11H14N2O4/c1-11(8-13(15)16,6-10(14)17-2)9-4-3-5-12-7-9/h3-5,7H,6,8H2,1-2H3. The highest BCUT2D eigenvalue weighted by Gasteiger charge is 2.35. The van der Waals surface area contributed by atoms with Gasteiger partial charge in [0.15, 0.2) is 0 Å². The second-order valence-corrected chi connectivity index (χ2v) is 4.05. The minimum atomic E-state index is -0.898. The summed E-state index contributed by atoms with van der Waals surface area (Å²) in [4.78, 5) is 25.5. The lowest BCUT2D eigenvalue weighted by atomic mass is 9.80. The van der Waals surface area contributed by atoms with Gasteiger partial charge in [-0.2, -0.15) is 0 Å². The maximum absolute atomic E-state index is 11.3. The van der Waals surface area contributed by atoms with Crippen LogP contribution in [0.5, 0.6) is 0 Å². The molecule has 0 N–H and O–H groups in total. The lowest BCUT2D eigenvalue weighted by Crippen LogP contribution is -2.34. The molecule has 0 fully saturated rings. The van der Waals surface area contributed by atoms with E-state index >= 15 is 0 Å². The van der Waals surface area contributed by atoms with E-state index in [4.69, 9.17) is 0 Å². The summed E-state index contributed by atoms with van der Waals surface area (Å²) in [6.45, 7) is 1.32. The topological polar surface area (TPSA) is 82.3 Å². The van der Waals surface area contributed by atoms with Crippen molar-refractivity contribution >= 4 is 5.97 Å². The molecule has 1 atom stereocenters. The lowest BCUT2D eigenvalue weighted by Gasteiger charge is -2.23. The lowest BCUT2D eigenvalue weighted by molar-refractivity contribution is -0.490. The summed E-state index contributed by atoms with van der Waals surface area (Å²) < 4.78 is 4.57. The summed E-state index contributed by atoms with van der Waals surface area (Å²) in [6, 6.07) is 3.41. The molecule has 0 aromatic carbocycles. The van der Waals surface area contributed by atoms with Gasteiger partial charge in [0.2, 0.25) is 6.54 Å². The fraction of sp³-hybridized carbons (Fsp3) is 0.455. The summed E-state index contributed by atoms with van der Waals surface area (Å²) in [5, 5.41) is 10.7. The van der Waals surface area contributed by atoms with Gasteiger partial charge in [0, 0.05) is 17.3 Å². The van der Waals surface area contributed by atoms with Crippen molar-refractivity contribution in [2.24, 2.45) is 0 Å². The van der Waals surface area contributed by atoms with Crippen LogP contribution in [-0.4, -0.2) is 29.5 Å². The second-order valence-electron chi connectivity index (χ2n) is 4.05. The normalized spacial score (nSPS) is 13.8. The fourth-order valence-electron chi connectivity index (χ4n) is 1.64. The Labute approximate surface area is 98.8 Å². The summed E-state index contributed by atoms with van der Waals surface area (Å²) in [5.41, 5.74) is -0.243. The Morgan fingerprint density at radius 1 is 1.65 bits per heavy atom. The summed E-state index contributed by atoms with van der Waals surface area (Å²) in [7, 11) is 1.26. The molecule has 0 saturated heterocycles. The Hall–Kier alpha value is -1.98. The monoisotopic (exact) mass is 238 g/mol. The molecule has 0 spiro atoms. The van der Waals surface area contributed by atoms with Crippen molar-refractivity contribution in [2.75, 3.05) is 13.7 Å². The van der Waals surface area contributed by atoms with Crippen LogP contribution in [0.15, 0.2) is 24.5 Å². The van der Waals surface area contributed by atoms with Gasteiger partial charge in [0.1, 0.15) is 0 Å². The van der Waals surface area contributed by atoms with Gasteiger partial charge in [-0.1, -0.05) is 6.07 Å². The molecule has 0 aliphatic carbocycles. The van der Waals surface area contributed by atoms with Crippen LogP contribution in [0.25, 0.3) is 0 Å². The van der Waals surface area contributed by atoms with Gasteiger partial charge in [-0.05, 0) is 18.6 Å². The molecule has 6 nitrogen and oxygen atoms in total. The van der Waals surface area contributed by atoms with Crippen molar-refractivity contribution in [3.63, 3.8) is 0 Å². The quantitative estimate of drug-likeness (QED) is 0.437. The molecule has 0 aliphatic heterocycles. The maximum atomic E-state index is 11.3. The first-order valence-electron chi connectivity index (χ1n) is 5.07. The zero-order chi connectivity index (χ0) is 12.9. The fourth-order valence-corrected chi connectivity index (χ4v) is 1.64. The number of carbonyl (C=O) groups excluding carboxylic acids is 1. The molecule has 92 valence electrons. The van der Waals surface area contributed by atoms with Crippen LogP contribution in [0.3, 0.4) is 0 Å².